The molecule has 0 fully saturated rings. The molecule has 2 rings (SSSR count). The van der Waals surface area contributed by atoms with E-state index < -0.39 is 0 Å². The van der Waals surface area contributed by atoms with Crippen molar-refractivity contribution < 1.29 is 0 Å². The number of benzene rings is 1. The van der Waals surface area contributed by atoms with Crippen molar-refractivity contribution in [3.8, 4) is 5.69 Å². The summed E-state index contributed by atoms with van der Waals surface area (Å²) in [6, 6.07) is 9.95. The standard InChI is InChI=1S/C12H16N4S/c1-17-8-7-11(13)12-15-14-9-16(12)10-5-3-2-4-6-10/h2-6,9,11H,7-8,13H2,1H3/t11-/m0/s1. The summed E-state index contributed by atoms with van der Waals surface area (Å²) < 4.78 is 1.95. The molecular weight excluding hydrogens is 232 g/mol. The maximum absolute atomic E-state index is 6.13. The topological polar surface area (TPSA) is 56.7 Å². The molecule has 2 aromatic rings. The van der Waals surface area contributed by atoms with Gasteiger partial charge in [0.1, 0.15) is 6.33 Å². The molecule has 0 amide bonds. The third-order valence-corrected chi connectivity index (χ3v) is 3.22. The van der Waals surface area contributed by atoms with Gasteiger partial charge in [-0.15, -0.1) is 10.2 Å². The summed E-state index contributed by atoms with van der Waals surface area (Å²) in [5.41, 5.74) is 7.18. The molecule has 0 aliphatic carbocycles. The van der Waals surface area contributed by atoms with Crippen LogP contribution in [-0.2, 0) is 0 Å². The van der Waals surface area contributed by atoms with E-state index in [4.69, 9.17) is 5.73 Å². The number of para-hydroxylation sites is 1. The first-order valence-electron chi connectivity index (χ1n) is 5.53. The summed E-state index contributed by atoms with van der Waals surface area (Å²) in [6.07, 6.45) is 4.70. The van der Waals surface area contributed by atoms with E-state index in [1.54, 1.807) is 18.1 Å². The van der Waals surface area contributed by atoms with Crippen molar-refractivity contribution in [1.82, 2.24) is 14.8 Å². The first-order chi connectivity index (χ1) is 8.33. The van der Waals surface area contributed by atoms with E-state index in [0.717, 1.165) is 23.7 Å². The van der Waals surface area contributed by atoms with Gasteiger partial charge in [0.2, 0.25) is 0 Å². The lowest BCUT2D eigenvalue weighted by Gasteiger charge is -2.12. The van der Waals surface area contributed by atoms with E-state index in [9.17, 15) is 0 Å². The Morgan fingerprint density at radius 2 is 2.12 bits per heavy atom. The van der Waals surface area contributed by atoms with Gasteiger partial charge in [0.05, 0.1) is 6.04 Å². The fourth-order valence-corrected chi connectivity index (χ4v) is 2.15. The van der Waals surface area contributed by atoms with Crippen molar-refractivity contribution >= 4 is 11.8 Å². The molecule has 1 aromatic heterocycles. The number of hydrogen-bond acceptors (Lipinski definition) is 4. The highest BCUT2D eigenvalue weighted by molar-refractivity contribution is 7.98. The van der Waals surface area contributed by atoms with Gasteiger partial charge in [0.25, 0.3) is 0 Å². The Hall–Kier alpha value is -1.33. The lowest BCUT2D eigenvalue weighted by atomic mass is 10.2. The zero-order valence-corrected chi connectivity index (χ0v) is 10.6. The Balaban J connectivity index is 2.23. The van der Waals surface area contributed by atoms with Crippen molar-refractivity contribution in [2.45, 2.75) is 12.5 Å². The van der Waals surface area contributed by atoms with E-state index in [1.165, 1.54) is 0 Å². The molecule has 0 unspecified atom stereocenters. The Bertz CT molecular complexity index is 455. The molecule has 0 spiro atoms. The van der Waals surface area contributed by atoms with Crippen molar-refractivity contribution in [1.29, 1.82) is 0 Å². The quantitative estimate of drug-likeness (QED) is 0.879. The van der Waals surface area contributed by atoms with Crippen molar-refractivity contribution in [2.24, 2.45) is 5.73 Å². The van der Waals surface area contributed by atoms with Crippen LogP contribution in [0.5, 0.6) is 0 Å². The number of nitrogens with two attached hydrogens (primary N) is 1. The van der Waals surface area contributed by atoms with Crippen LogP contribution in [0.25, 0.3) is 5.69 Å². The minimum absolute atomic E-state index is 0.0647. The number of thioether (sulfide) groups is 1. The molecule has 0 saturated carbocycles. The highest BCUT2D eigenvalue weighted by Crippen LogP contribution is 2.17. The van der Waals surface area contributed by atoms with Crippen LogP contribution in [0.4, 0.5) is 0 Å². The van der Waals surface area contributed by atoms with E-state index >= 15 is 0 Å². The molecule has 5 heteroatoms. The smallest absolute Gasteiger partial charge is 0.154 e. The van der Waals surface area contributed by atoms with Crippen LogP contribution in [0.15, 0.2) is 36.7 Å². The highest BCUT2D eigenvalue weighted by atomic mass is 32.2. The molecule has 17 heavy (non-hydrogen) atoms. The lowest BCUT2D eigenvalue weighted by molar-refractivity contribution is 0.638. The Labute approximate surface area is 105 Å². The molecule has 1 heterocycles. The van der Waals surface area contributed by atoms with E-state index in [1.807, 2.05) is 34.9 Å². The molecule has 2 N–H and O–H groups in total. The summed E-state index contributed by atoms with van der Waals surface area (Å²) >= 11 is 1.79. The molecule has 0 bridgehead atoms. The molecule has 0 aliphatic heterocycles. The fraction of sp³-hybridized carbons (Fsp3) is 0.333. The first-order valence-corrected chi connectivity index (χ1v) is 6.92. The van der Waals surface area contributed by atoms with Gasteiger partial charge in [-0.3, -0.25) is 4.57 Å². The minimum Gasteiger partial charge on any atom is -0.321 e. The summed E-state index contributed by atoms with van der Waals surface area (Å²) in [5.74, 6) is 1.85. The average molecular weight is 248 g/mol. The number of aromatic nitrogens is 3. The zero-order chi connectivity index (χ0) is 12.1. The normalized spacial score (nSPS) is 12.6. The van der Waals surface area contributed by atoms with Crippen molar-refractivity contribution in [2.75, 3.05) is 12.0 Å². The Morgan fingerprint density at radius 3 is 2.82 bits per heavy atom. The summed E-state index contributed by atoms with van der Waals surface area (Å²) in [5, 5.41) is 8.08. The monoisotopic (exact) mass is 248 g/mol. The van der Waals surface area contributed by atoms with Gasteiger partial charge in [-0.2, -0.15) is 11.8 Å². The Kier molecular flexibility index (Phi) is 4.17. The van der Waals surface area contributed by atoms with Crippen LogP contribution in [0, 0.1) is 0 Å². The van der Waals surface area contributed by atoms with Crippen LogP contribution in [-0.4, -0.2) is 26.8 Å². The van der Waals surface area contributed by atoms with Gasteiger partial charge in [-0.05, 0) is 30.6 Å². The van der Waals surface area contributed by atoms with Crippen molar-refractivity contribution in [3.05, 3.63) is 42.5 Å². The van der Waals surface area contributed by atoms with Crippen LogP contribution < -0.4 is 5.73 Å². The van der Waals surface area contributed by atoms with Gasteiger partial charge in [-0.25, -0.2) is 0 Å². The maximum atomic E-state index is 6.13. The average Bonchev–Trinajstić information content (AvgIpc) is 2.86. The summed E-state index contributed by atoms with van der Waals surface area (Å²) in [7, 11) is 0. The fourth-order valence-electron chi connectivity index (χ4n) is 1.66. The molecule has 90 valence electrons. The molecule has 0 aliphatic rings. The number of rotatable bonds is 5. The maximum Gasteiger partial charge on any atom is 0.154 e. The first kappa shape index (κ1) is 12.1. The zero-order valence-electron chi connectivity index (χ0n) is 9.78. The molecule has 0 radical (unpaired) electrons. The Morgan fingerprint density at radius 1 is 1.35 bits per heavy atom. The van der Waals surface area contributed by atoms with E-state index in [0.29, 0.717) is 0 Å². The van der Waals surface area contributed by atoms with Gasteiger partial charge in [0.15, 0.2) is 5.82 Å². The predicted molar refractivity (Wildman–Crippen MR) is 71.3 cm³/mol. The largest absolute Gasteiger partial charge is 0.321 e. The van der Waals surface area contributed by atoms with Crippen LogP contribution in [0.2, 0.25) is 0 Å². The summed E-state index contributed by atoms with van der Waals surface area (Å²) in [4.78, 5) is 0. The number of nitrogens with zero attached hydrogens (tertiary/aromatic N) is 3. The van der Waals surface area contributed by atoms with Crippen LogP contribution >= 0.6 is 11.8 Å². The predicted octanol–water partition coefficient (Wildman–Crippen LogP) is 2.02. The molecule has 4 nitrogen and oxygen atoms in total. The van der Waals surface area contributed by atoms with Crippen LogP contribution in [0.1, 0.15) is 18.3 Å². The highest BCUT2D eigenvalue weighted by Gasteiger charge is 2.13. The van der Waals surface area contributed by atoms with Gasteiger partial charge in [-0.1, -0.05) is 18.2 Å². The van der Waals surface area contributed by atoms with Gasteiger partial charge >= 0.3 is 0 Å². The second-order valence-corrected chi connectivity index (χ2v) is 4.77. The van der Waals surface area contributed by atoms with Crippen LogP contribution in [0.3, 0.4) is 0 Å². The third kappa shape index (κ3) is 2.87. The molecular formula is C12H16N4S. The van der Waals surface area contributed by atoms with E-state index in [2.05, 4.69) is 16.5 Å². The minimum atomic E-state index is -0.0647. The number of hydrogen-bond donors (Lipinski definition) is 1. The molecule has 1 atom stereocenters. The van der Waals surface area contributed by atoms with E-state index in [-0.39, 0.29) is 6.04 Å². The molecule has 1 aromatic carbocycles. The van der Waals surface area contributed by atoms with Gasteiger partial charge in [0, 0.05) is 5.69 Å². The second kappa shape index (κ2) is 5.84. The second-order valence-electron chi connectivity index (χ2n) is 3.78. The summed E-state index contributed by atoms with van der Waals surface area (Å²) in [6.45, 7) is 0. The third-order valence-electron chi connectivity index (χ3n) is 2.57. The SMILES string of the molecule is CSCC[C@H](N)c1nncn1-c1ccccc1. The lowest BCUT2D eigenvalue weighted by Crippen LogP contribution is -2.16. The van der Waals surface area contributed by atoms with Gasteiger partial charge < -0.3 is 5.73 Å². The molecule has 0 saturated heterocycles. The van der Waals surface area contributed by atoms with Crippen molar-refractivity contribution in [3.63, 3.8) is 0 Å².